The molecule has 0 spiro atoms. The normalized spacial score (nSPS) is 13.9. The van der Waals surface area contributed by atoms with E-state index in [4.69, 9.17) is 0 Å². The van der Waals surface area contributed by atoms with Gasteiger partial charge in [-0.05, 0) is 53.8 Å². The standard InChI is InChI=1S/C26H23F3N2O2S/c1-17-4-2-6-19(12-17)23(32)14-22(31-10-8-24-20(16-31)9-11-34-24)25(33)30-15-18-5-3-7-21(13-18)26(27,28)29/h2-13,22H,14-16H2,1H3,(H,30,33). The Kier molecular flexibility index (Phi) is 6.88. The van der Waals surface area contributed by atoms with Crippen molar-refractivity contribution in [3.63, 3.8) is 0 Å². The molecule has 3 aromatic rings. The highest BCUT2D eigenvalue weighted by Crippen LogP contribution is 2.30. The number of fused-ring (bicyclic) bond motifs is 1. The highest BCUT2D eigenvalue weighted by atomic mass is 32.1. The number of Topliss-reactive ketones (excluding diaryl/α,β-unsaturated/α-hetero) is 1. The molecule has 1 amide bonds. The van der Waals surface area contributed by atoms with E-state index in [0.29, 0.717) is 17.7 Å². The van der Waals surface area contributed by atoms with Crippen LogP contribution in [0.25, 0.3) is 6.08 Å². The first-order valence-electron chi connectivity index (χ1n) is 10.7. The Morgan fingerprint density at radius 3 is 2.68 bits per heavy atom. The zero-order valence-electron chi connectivity index (χ0n) is 18.4. The maximum atomic E-state index is 13.2. The van der Waals surface area contributed by atoms with Gasteiger partial charge in [0.1, 0.15) is 6.04 Å². The van der Waals surface area contributed by atoms with Gasteiger partial charge in [0.05, 0.1) is 5.56 Å². The molecule has 1 aliphatic heterocycles. The Hall–Kier alpha value is -3.39. The van der Waals surface area contributed by atoms with Crippen LogP contribution in [0, 0.1) is 6.92 Å². The molecule has 0 radical (unpaired) electrons. The van der Waals surface area contributed by atoms with Crippen LogP contribution in [0.2, 0.25) is 0 Å². The van der Waals surface area contributed by atoms with Crippen molar-refractivity contribution in [2.75, 3.05) is 0 Å². The monoisotopic (exact) mass is 484 g/mol. The molecule has 1 atom stereocenters. The number of hydrogen-bond donors (Lipinski definition) is 1. The minimum absolute atomic E-state index is 0.0539. The van der Waals surface area contributed by atoms with Crippen molar-refractivity contribution in [3.05, 3.63) is 98.9 Å². The number of alkyl halides is 3. The number of carbonyl (C=O) groups is 2. The molecular formula is C26H23F3N2O2S. The molecule has 1 N–H and O–H groups in total. The molecule has 2 aromatic carbocycles. The van der Waals surface area contributed by atoms with E-state index in [2.05, 4.69) is 5.32 Å². The van der Waals surface area contributed by atoms with Gasteiger partial charge in [-0.1, -0.05) is 35.9 Å². The molecule has 0 fully saturated rings. The first-order valence-corrected chi connectivity index (χ1v) is 11.6. The lowest BCUT2D eigenvalue weighted by Crippen LogP contribution is -2.45. The molecule has 8 heteroatoms. The summed E-state index contributed by atoms with van der Waals surface area (Å²) in [6.07, 6.45) is -0.800. The Morgan fingerprint density at radius 1 is 1.12 bits per heavy atom. The number of halogens is 3. The average Bonchev–Trinajstić information content (AvgIpc) is 3.28. The van der Waals surface area contributed by atoms with E-state index in [1.807, 2.05) is 35.4 Å². The lowest BCUT2D eigenvalue weighted by molar-refractivity contribution is -0.137. The van der Waals surface area contributed by atoms with Gasteiger partial charge in [0, 0.05) is 36.2 Å². The first kappa shape index (κ1) is 23.8. The van der Waals surface area contributed by atoms with Crippen LogP contribution in [0.3, 0.4) is 0 Å². The third kappa shape index (κ3) is 5.56. The lowest BCUT2D eigenvalue weighted by Gasteiger charge is -2.31. The van der Waals surface area contributed by atoms with Crippen LogP contribution < -0.4 is 5.32 Å². The summed E-state index contributed by atoms with van der Waals surface area (Å²) in [6, 6.07) is 13.2. The summed E-state index contributed by atoms with van der Waals surface area (Å²) in [5, 5.41) is 4.70. The van der Waals surface area contributed by atoms with Crippen LogP contribution in [0.15, 0.2) is 66.2 Å². The van der Waals surface area contributed by atoms with E-state index in [1.165, 1.54) is 12.1 Å². The van der Waals surface area contributed by atoms with E-state index in [0.717, 1.165) is 28.1 Å². The third-order valence-corrected chi connectivity index (χ3v) is 6.62. The van der Waals surface area contributed by atoms with E-state index < -0.39 is 23.7 Å². The van der Waals surface area contributed by atoms with Gasteiger partial charge in [0.15, 0.2) is 5.78 Å². The highest BCUT2D eigenvalue weighted by Gasteiger charge is 2.31. The number of aryl methyl sites for hydroxylation is 1. The number of rotatable bonds is 7. The SMILES string of the molecule is Cc1cccc(C(=O)CC(C(=O)NCc2cccc(C(F)(F)F)c2)N2C=Cc3sccc3C2)c1. The first-order chi connectivity index (χ1) is 16.2. The molecule has 34 heavy (non-hydrogen) atoms. The molecule has 0 aliphatic carbocycles. The van der Waals surface area contributed by atoms with Crippen LogP contribution in [0.4, 0.5) is 13.2 Å². The molecule has 0 saturated heterocycles. The number of nitrogens with one attached hydrogen (secondary N) is 1. The summed E-state index contributed by atoms with van der Waals surface area (Å²) in [5.74, 6) is -0.589. The van der Waals surface area contributed by atoms with Gasteiger partial charge in [0.2, 0.25) is 5.91 Å². The molecule has 176 valence electrons. The number of carbonyl (C=O) groups excluding carboxylic acids is 2. The Bertz CT molecular complexity index is 1230. The van der Waals surface area contributed by atoms with Crippen molar-refractivity contribution < 1.29 is 22.8 Å². The molecule has 0 bridgehead atoms. The van der Waals surface area contributed by atoms with Crippen LogP contribution >= 0.6 is 11.3 Å². The highest BCUT2D eigenvalue weighted by molar-refractivity contribution is 7.11. The molecular weight excluding hydrogens is 461 g/mol. The third-order valence-electron chi connectivity index (χ3n) is 5.69. The van der Waals surface area contributed by atoms with Gasteiger partial charge < -0.3 is 10.2 Å². The fraction of sp³-hybridized carbons (Fsp3) is 0.231. The number of amides is 1. The zero-order valence-corrected chi connectivity index (χ0v) is 19.2. The van der Waals surface area contributed by atoms with Gasteiger partial charge in [0.25, 0.3) is 0 Å². The molecule has 1 unspecified atom stereocenters. The van der Waals surface area contributed by atoms with E-state index in [9.17, 15) is 22.8 Å². The van der Waals surface area contributed by atoms with Gasteiger partial charge in [-0.3, -0.25) is 9.59 Å². The summed E-state index contributed by atoms with van der Waals surface area (Å²) in [4.78, 5) is 29.2. The second-order valence-corrected chi connectivity index (χ2v) is 9.17. The van der Waals surface area contributed by atoms with Gasteiger partial charge >= 0.3 is 6.18 Å². The number of hydrogen-bond acceptors (Lipinski definition) is 4. The smallest absolute Gasteiger partial charge is 0.361 e. The Morgan fingerprint density at radius 2 is 1.91 bits per heavy atom. The fourth-order valence-electron chi connectivity index (χ4n) is 3.89. The second-order valence-electron chi connectivity index (χ2n) is 8.23. The minimum atomic E-state index is -4.46. The van der Waals surface area contributed by atoms with Crippen LogP contribution in [-0.4, -0.2) is 22.6 Å². The Labute approximate surface area is 199 Å². The van der Waals surface area contributed by atoms with Crippen molar-refractivity contribution in [2.45, 2.75) is 38.7 Å². The fourth-order valence-corrected chi connectivity index (χ4v) is 4.69. The average molecular weight is 485 g/mol. The second kappa shape index (κ2) is 9.85. The van der Waals surface area contributed by atoms with Crippen molar-refractivity contribution in [3.8, 4) is 0 Å². The Balaban J connectivity index is 1.52. The predicted molar refractivity (Wildman–Crippen MR) is 126 cm³/mol. The molecule has 4 rings (SSSR count). The van der Waals surface area contributed by atoms with E-state index >= 15 is 0 Å². The van der Waals surface area contributed by atoms with Crippen LogP contribution in [-0.2, 0) is 24.1 Å². The summed E-state index contributed by atoms with van der Waals surface area (Å²) in [5.41, 5.74) is 2.09. The van der Waals surface area contributed by atoms with Crippen molar-refractivity contribution in [2.24, 2.45) is 0 Å². The zero-order chi connectivity index (χ0) is 24.3. The van der Waals surface area contributed by atoms with Crippen LogP contribution in [0.5, 0.6) is 0 Å². The molecule has 4 nitrogen and oxygen atoms in total. The number of nitrogens with zero attached hydrogens (tertiary/aromatic N) is 1. The van der Waals surface area contributed by atoms with Gasteiger partial charge in [-0.25, -0.2) is 0 Å². The van der Waals surface area contributed by atoms with E-state index in [-0.39, 0.29) is 18.7 Å². The maximum Gasteiger partial charge on any atom is 0.416 e. The predicted octanol–water partition coefficient (Wildman–Crippen LogP) is 5.82. The number of thiophene rings is 1. The van der Waals surface area contributed by atoms with E-state index in [1.54, 1.807) is 35.7 Å². The quantitative estimate of drug-likeness (QED) is 0.430. The summed E-state index contributed by atoms with van der Waals surface area (Å²) >= 11 is 1.60. The number of ketones is 1. The lowest BCUT2D eigenvalue weighted by atomic mass is 9.99. The maximum absolute atomic E-state index is 13.2. The molecule has 0 saturated carbocycles. The summed E-state index contributed by atoms with van der Waals surface area (Å²) in [6.45, 7) is 2.29. The molecule has 2 heterocycles. The molecule has 1 aliphatic rings. The summed E-state index contributed by atoms with van der Waals surface area (Å²) in [7, 11) is 0. The minimum Gasteiger partial charge on any atom is -0.361 e. The van der Waals surface area contributed by atoms with Gasteiger partial charge in [-0.15, -0.1) is 11.3 Å². The summed E-state index contributed by atoms with van der Waals surface area (Å²) < 4.78 is 39.1. The largest absolute Gasteiger partial charge is 0.416 e. The molecule has 1 aromatic heterocycles. The van der Waals surface area contributed by atoms with Crippen molar-refractivity contribution >= 4 is 29.1 Å². The van der Waals surface area contributed by atoms with Crippen molar-refractivity contribution in [1.29, 1.82) is 0 Å². The van der Waals surface area contributed by atoms with Gasteiger partial charge in [-0.2, -0.15) is 13.2 Å². The van der Waals surface area contributed by atoms with Crippen molar-refractivity contribution in [1.82, 2.24) is 10.2 Å². The van der Waals surface area contributed by atoms with Crippen LogP contribution in [0.1, 0.15) is 43.9 Å². The topological polar surface area (TPSA) is 49.4 Å². The number of benzene rings is 2.